The summed E-state index contributed by atoms with van der Waals surface area (Å²) in [6.07, 6.45) is -4.42. The Morgan fingerprint density at radius 2 is 1.65 bits per heavy atom. The molecule has 134 valence electrons. The van der Waals surface area contributed by atoms with Gasteiger partial charge in [0.05, 0.1) is 5.56 Å². The molecule has 0 aliphatic heterocycles. The van der Waals surface area contributed by atoms with Crippen molar-refractivity contribution >= 4 is 17.7 Å². The maximum atomic E-state index is 12.7. The number of amides is 2. The number of halogens is 3. The second-order valence-electron chi connectivity index (χ2n) is 5.11. The van der Waals surface area contributed by atoms with Crippen molar-refractivity contribution < 1.29 is 27.9 Å². The van der Waals surface area contributed by atoms with Crippen LogP contribution in [0.2, 0.25) is 0 Å². The number of carboxylic acids is 1. The van der Waals surface area contributed by atoms with Crippen molar-refractivity contribution in [3.63, 3.8) is 0 Å². The highest BCUT2D eigenvalue weighted by molar-refractivity contribution is 5.91. The van der Waals surface area contributed by atoms with Crippen LogP contribution in [0.25, 0.3) is 0 Å². The molecular weight excluding hydrogens is 349 g/mol. The molecule has 0 aromatic heterocycles. The summed E-state index contributed by atoms with van der Waals surface area (Å²) in [5, 5.41) is 13.0. The van der Waals surface area contributed by atoms with Gasteiger partial charge in [0.1, 0.15) is 6.54 Å². The Hall–Kier alpha value is -3.47. The second-order valence-corrected chi connectivity index (χ2v) is 5.11. The van der Waals surface area contributed by atoms with E-state index in [1.54, 1.807) is 12.1 Å². The molecule has 0 saturated heterocycles. The predicted octanol–water partition coefficient (Wildman–Crippen LogP) is 3.31. The summed E-state index contributed by atoms with van der Waals surface area (Å²) >= 11 is 0. The van der Waals surface area contributed by atoms with Crippen LogP contribution < -0.4 is 10.6 Å². The minimum absolute atomic E-state index is 0.232. The monoisotopic (exact) mass is 362 g/mol. The third-order valence-electron chi connectivity index (χ3n) is 3.08. The molecule has 0 bridgehead atoms. The van der Waals surface area contributed by atoms with Crippen molar-refractivity contribution in [1.82, 2.24) is 5.32 Å². The topological polar surface area (TPSA) is 78.4 Å². The number of aliphatic carboxylic acids is 1. The number of hydrogen-bond acceptors (Lipinski definition) is 2. The Kier molecular flexibility index (Phi) is 5.86. The van der Waals surface area contributed by atoms with Gasteiger partial charge >= 0.3 is 18.2 Å². The van der Waals surface area contributed by atoms with Gasteiger partial charge in [0.15, 0.2) is 0 Å². The van der Waals surface area contributed by atoms with E-state index in [1.165, 1.54) is 24.3 Å². The minimum Gasteiger partial charge on any atom is -0.480 e. The molecule has 0 aliphatic carbocycles. The first-order valence-electron chi connectivity index (χ1n) is 7.30. The molecule has 2 aromatic carbocycles. The highest BCUT2D eigenvalue weighted by atomic mass is 19.4. The molecule has 8 heteroatoms. The largest absolute Gasteiger partial charge is 0.480 e. The normalized spacial score (nSPS) is 10.4. The van der Waals surface area contributed by atoms with Crippen LogP contribution in [-0.2, 0) is 11.0 Å². The van der Waals surface area contributed by atoms with Crippen LogP contribution >= 0.6 is 0 Å². The zero-order valence-electron chi connectivity index (χ0n) is 13.2. The Bertz CT molecular complexity index is 866. The summed E-state index contributed by atoms with van der Waals surface area (Å²) in [5.74, 6) is 4.22. The van der Waals surface area contributed by atoms with Gasteiger partial charge in [-0.15, -0.1) is 0 Å². The van der Waals surface area contributed by atoms with Crippen LogP contribution in [0.4, 0.5) is 23.7 Å². The lowest BCUT2D eigenvalue weighted by molar-refractivity contribution is -0.138. The first-order chi connectivity index (χ1) is 12.2. The van der Waals surface area contributed by atoms with E-state index >= 15 is 0 Å². The second kappa shape index (κ2) is 8.07. The number of benzene rings is 2. The molecule has 0 radical (unpaired) electrons. The fourth-order valence-electron chi connectivity index (χ4n) is 1.89. The van der Waals surface area contributed by atoms with Crippen LogP contribution in [0.1, 0.15) is 16.7 Å². The van der Waals surface area contributed by atoms with Gasteiger partial charge in [-0.2, -0.15) is 13.2 Å². The number of urea groups is 1. The molecule has 0 atom stereocenters. The quantitative estimate of drug-likeness (QED) is 0.733. The molecule has 0 spiro atoms. The zero-order valence-corrected chi connectivity index (χ0v) is 13.2. The molecule has 0 unspecified atom stereocenters. The van der Waals surface area contributed by atoms with Crippen LogP contribution in [0.5, 0.6) is 0 Å². The first kappa shape index (κ1) is 18.9. The van der Waals surface area contributed by atoms with Crippen molar-refractivity contribution in [2.24, 2.45) is 0 Å². The molecule has 2 amide bonds. The number of carbonyl (C=O) groups excluding carboxylic acids is 1. The maximum Gasteiger partial charge on any atom is 0.416 e. The molecule has 0 aliphatic rings. The van der Waals surface area contributed by atoms with E-state index in [1.807, 2.05) is 0 Å². The third-order valence-corrected chi connectivity index (χ3v) is 3.08. The number of hydrogen-bond donors (Lipinski definition) is 3. The lowest BCUT2D eigenvalue weighted by Gasteiger charge is -2.06. The summed E-state index contributed by atoms with van der Waals surface area (Å²) in [5.41, 5.74) is 0.419. The molecule has 3 N–H and O–H groups in total. The van der Waals surface area contributed by atoms with Crippen LogP contribution in [0, 0.1) is 11.8 Å². The smallest absolute Gasteiger partial charge is 0.416 e. The third kappa shape index (κ3) is 5.87. The summed E-state index contributed by atoms with van der Waals surface area (Å²) in [6.45, 7) is -0.508. The average Bonchev–Trinajstić information content (AvgIpc) is 2.59. The number of carboxylic acid groups (broad SMARTS) is 1. The minimum atomic E-state index is -4.42. The zero-order chi connectivity index (χ0) is 19.2. The Morgan fingerprint density at radius 1 is 1.00 bits per heavy atom. The van der Waals surface area contributed by atoms with E-state index in [2.05, 4.69) is 22.5 Å². The van der Waals surface area contributed by atoms with E-state index in [4.69, 9.17) is 5.11 Å². The van der Waals surface area contributed by atoms with E-state index in [0.717, 1.165) is 12.1 Å². The lowest BCUT2D eigenvalue weighted by Crippen LogP contribution is -2.33. The van der Waals surface area contributed by atoms with Gasteiger partial charge in [-0.3, -0.25) is 4.79 Å². The van der Waals surface area contributed by atoms with Gasteiger partial charge in [-0.1, -0.05) is 17.9 Å². The highest BCUT2D eigenvalue weighted by Gasteiger charge is 2.30. The van der Waals surface area contributed by atoms with Gasteiger partial charge in [0.25, 0.3) is 0 Å². The summed E-state index contributed by atoms with van der Waals surface area (Å²) < 4.78 is 38.0. The Labute approximate surface area is 146 Å². The number of nitrogens with one attached hydrogen (secondary N) is 2. The van der Waals surface area contributed by atoms with Crippen molar-refractivity contribution in [3.8, 4) is 11.8 Å². The molecule has 5 nitrogen and oxygen atoms in total. The van der Waals surface area contributed by atoms with Crippen LogP contribution in [0.15, 0.2) is 48.5 Å². The molecule has 26 heavy (non-hydrogen) atoms. The van der Waals surface area contributed by atoms with E-state index in [0.29, 0.717) is 11.3 Å². The predicted molar refractivity (Wildman–Crippen MR) is 88.5 cm³/mol. The fourth-order valence-corrected chi connectivity index (χ4v) is 1.89. The molecule has 2 aromatic rings. The molecule has 2 rings (SSSR count). The van der Waals surface area contributed by atoms with Crippen LogP contribution in [0.3, 0.4) is 0 Å². The van der Waals surface area contributed by atoms with Gasteiger partial charge in [-0.25, -0.2) is 4.79 Å². The number of alkyl halides is 3. The van der Waals surface area contributed by atoms with Crippen molar-refractivity contribution in [1.29, 1.82) is 0 Å². The summed E-state index contributed by atoms with van der Waals surface area (Å²) in [7, 11) is 0. The number of carbonyl (C=O) groups is 2. The summed E-state index contributed by atoms with van der Waals surface area (Å²) in [6, 6.07) is 10.3. The SMILES string of the molecule is O=C(O)CNC(=O)Nc1ccc(C#Cc2cccc(C(F)(F)F)c2)cc1. The molecule has 0 saturated carbocycles. The van der Waals surface area contributed by atoms with Gasteiger partial charge in [0, 0.05) is 16.8 Å². The van der Waals surface area contributed by atoms with Crippen molar-refractivity contribution in [2.45, 2.75) is 6.18 Å². The first-order valence-corrected chi connectivity index (χ1v) is 7.30. The van der Waals surface area contributed by atoms with E-state index in [9.17, 15) is 22.8 Å². The van der Waals surface area contributed by atoms with E-state index < -0.39 is 30.3 Å². The lowest BCUT2D eigenvalue weighted by atomic mass is 10.1. The standard InChI is InChI=1S/C18H13F3N2O3/c19-18(20,21)14-3-1-2-13(10-14)5-4-12-6-8-15(9-7-12)23-17(26)22-11-16(24)25/h1-3,6-10H,11H2,(H,24,25)(H2,22,23,26). The molecule has 0 fully saturated rings. The van der Waals surface area contributed by atoms with Gasteiger partial charge < -0.3 is 15.7 Å². The van der Waals surface area contributed by atoms with Crippen LogP contribution in [-0.4, -0.2) is 23.7 Å². The maximum absolute atomic E-state index is 12.7. The van der Waals surface area contributed by atoms with Crippen molar-refractivity contribution in [3.05, 3.63) is 65.2 Å². The molecular formula is C18H13F3N2O3. The van der Waals surface area contributed by atoms with E-state index in [-0.39, 0.29) is 5.56 Å². The van der Waals surface area contributed by atoms with Gasteiger partial charge in [-0.05, 0) is 42.5 Å². The fraction of sp³-hybridized carbons (Fsp3) is 0.111. The summed E-state index contributed by atoms with van der Waals surface area (Å²) in [4.78, 5) is 21.8. The Balaban J connectivity index is 2.03. The molecule has 0 heterocycles. The number of rotatable bonds is 3. The highest BCUT2D eigenvalue weighted by Crippen LogP contribution is 2.29. The Morgan fingerprint density at radius 3 is 2.27 bits per heavy atom. The number of anilines is 1. The van der Waals surface area contributed by atoms with Crippen molar-refractivity contribution in [2.75, 3.05) is 11.9 Å². The van der Waals surface area contributed by atoms with Gasteiger partial charge in [0.2, 0.25) is 0 Å². The average molecular weight is 362 g/mol.